The summed E-state index contributed by atoms with van der Waals surface area (Å²) in [5.74, 6) is -0.968. The van der Waals surface area contributed by atoms with E-state index in [1.165, 1.54) is 0 Å². The lowest BCUT2D eigenvalue weighted by Crippen LogP contribution is -2.39. The summed E-state index contributed by atoms with van der Waals surface area (Å²) in [5.41, 5.74) is -0.925. The van der Waals surface area contributed by atoms with Gasteiger partial charge in [-0.1, -0.05) is 0 Å². The molecule has 1 rings (SSSR count). The van der Waals surface area contributed by atoms with Gasteiger partial charge in [-0.2, -0.15) is 13.2 Å². The van der Waals surface area contributed by atoms with Crippen molar-refractivity contribution < 1.29 is 23.1 Å². The van der Waals surface area contributed by atoms with E-state index in [-0.39, 0.29) is 13.0 Å². The summed E-state index contributed by atoms with van der Waals surface area (Å²) < 4.78 is 35.1. The van der Waals surface area contributed by atoms with Crippen LogP contribution in [0.2, 0.25) is 0 Å². The van der Waals surface area contributed by atoms with Crippen molar-refractivity contribution in [3.05, 3.63) is 0 Å². The number of alkyl halides is 3. The maximum Gasteiger partial charge on any atom is 0.389 e. The first-order valence-electron chi connectivity index (χ1n) is 4.41. The lowest BCUT2D eigenvalue weighted by atomic mass is 10.2. The van der Waals surface area contributed by atoms with Crippen molar-refractivity contribution in [1.29, 1.82) is 0 Å². The molecule has 0 saturated heterocycles. The first-order valence-corrected chi connectivity index (χ1v) is 4.41. The molecule has 0 aromatic rings. The Hall–Kier alpha value is -0.780. The molecule has 0 aliphatic heterocycles. The number of nitrogens with one attached hydrogen (secondary N) is 1. The summed E-state index contributed by atoms with van der Waals surface area (Å²) in [4.78, 5) is 10.6. The molecule has 0 unspecified atom stereocenters. The quantitative estimate of drug-likeness (QED) is 0.678. The second kappa shape index (κ2) is 3.76. The second-order valence-electron chi connectivity index (χ2n) is 3.53. The summed E-state index contributed by atoms with van der Waals surface area (Å²) in [6, 6.07) is 0. The molecular formula is C8H12F3NO2. The number of hydrogen-bond donors (Lipinski definition) is 2. The zero-order valence-corrected chi connectivity index (χ0v) is 7.52. The van der Waals surface area contributed by atoms with Gasteiger partial charge >= 0.3 is 12.1 Å². The Morgan fingerprint density at radius 3 is 2.36 bits per heavy atom. The fraction of sp³-hybridized carbons (Fsp3) is 0.875. The highest BCUT2D eigenvalue weighted by molar-refractivity contribution is 5.82. The predicted octanol–water partition coefficient (Wildman–Crippen LogP) is 1.54. The van der Waals surface area contributed by atoms with Crippen molar-refractivity contribution in [3.63, 3.8) is 0 Å². The van der Waals surface area contributed by atoms with Gasteiger partial charge in [0.1, 0.15) is 5.54 Å². The van der Waals surface area contributed by atoms with Crippen LogP contribution in [0, 0.1) is 0 Å². The first-order chi connectivity index (χ1) is 6.36. The number of carboxylic acids is 1. The smallest absolute Gasteiger partial charge is 0.389 e. The van der Waals surface area contributed by atoms with Crippen LogP contribution >= 0.6 is 0 Å². The highest BCUT2D eigenvalue weighted by Crippen LogP contribution is 2.35. The van der Waals surface area contributed by atoms with Crippen LogP contribution in [0.3, 0.4) is 0 Å². The van der Waals surface area contributed by atoms with E-state index in [1.807, 2.05) is 0 Å². The van der Waals surface area contributed by atoms with Gasteiger partial charge in [-0.05, 0) is 25.8 Å². The molecule has 1 fully saturated rings. The average Bonchev–Trinajstić information content (AvgIpc) is 2.77. The molecule has 0 radical (unpaired) electrons. The molecule has 0 spiro atoms. The third-order valence-electron chi connectivity index (χ3n) is 2.26. The molecule has 0 atom stereocenters. The summed E-state index contributed by atoms with van der Waals surface area (Å²) in [6.45, 7) is 0.103. The predicted molar refractivity (Wildman–Crippen MR) is 42.9 cm³/mol. The minimum absolute atomic E-state index is 0.0709. The second-order valence-corrected chi connectivity index (χ2v) is 3.53. The van der Waals surface area contributed by atoms with Gasteiger partial charge in [0.15, 0.2) is 0 Å². The van der Waals surface area contributed by atoms with Gasteiger partial charge in [-0.3, -0.25) is 4.79 Å². The Kier molecular flexibility index (Phi) is 3.04. The molecule has 82 valence electrons. The van der Waals surface area contributed by atoms with Crippen molar-refractivity contribution in [2.24, 2.45) is 0 Å². The number of hydrogen-bond acceptors (Lipinski definition) is 2. The molecule has 3 nitrogen and oxygen atoms in total. The van der Waals surface area contributed by atoms with Crippen LogP contribution < -0.4 is 5.32 Å². The number of carboxylic acid groups (broad SMARTS) is 1. The monoisotopic (exact) mass is 211 g/mol. The van der Waals surface area contributed by atoms with Gasteiger partial charge in [-0.15, -0.1) is 0 Å². The first kappa shape index (κ1) is 11.3. The average molecular weight is 211 g/mol. The Bertz CT molecular complexity index is 223. The van der Waals surface area contributed by atoms with Crippen LogP contribution in [0.5, 0.6) is 0 Å². The molecule has 1 saturated carbocycles. The van der Waals surface area contributed by atoms with Crippen molar-refractivity contribution in [2.45, 2.75) is 37.4 Å². The Balaban J connectivity index is 2.13. The van der Waals surface area contributed by atoms with Crippen LogP contribution in [0.1, 0.15) is 25.7 Å². The van der Waals surface area contributed by atoms with Crippen LogP contribution in [0.4, 0.5) is 13.2 Å². The maximum absolute atomic E-state index is 11.7. The van der Waals surface area contributed by atoms with Gasteiger partial charge < -0.3 is 10.4 Å². The summed E-state index contributed by atoms with van der Waals surface area (Å²) in [6.07, 6.45) is -4.07. The normalized spacial score (nSPS) is 19.4. The van der Waals surface area contributed by atoms with Gasteiger partial charge in [0, 0.05) is 6.42 Å². The molecule has 1 aliphatic carbocycles. The minimum Gasteiger partial charge on any atom is -0.480 e. The highest BCUT2D eigenvalue weighted by Gasteiger charge is 2.49. The standard InChI is InChI=1S/C8H12F3NO2/c9-8(10,11)2-1-5-12-7(3-4-7)6(13)14/h12H,1-5H2,(H,13,14). The van der Waals surface area contributed by atoms with Crippen LogP contribution in [0.15, 0.2) is 0 Å². The van der Waals surface area contributed by atoms with Gasteiger partial charge in [-0.25, -0.2) is 0 Å². The zero-order valence-electron chi connectivity index (χ0n) is 7.52. The van der Waals surface area contributed by atoms with E-state index in [9.17, 15) is 18.0 Å². The Morgan fingerprint density at radius 1 is 1.43 bits per heavy atom. The lowest BCUT2D eigenvalue weighted by Gasteiger charge is -2.12. The van der Waals surface area contributed by atoms with E-state index in [1.54, 1.807) is 0 Å². The lowest BCUT2D eigenvalue weighted by molar-refractivity contribution is -0.140. The van der Waals surface area contributed by atoms with Gasteiger partial charge in [0.25, 0.3) is 0 Å². The minimum atomic E-state index is -4.15. The fourth-order valence-electron chi connectivity index (χ4n) is 1.21. The van der Waals surface area contributed by atoms with Crippen molar-refractivity contribution >= 4 is 5.97 Å². The topological polar surface area (TPSA) is 49.3 Å². The molecular weight excluding hydrogens is 199 g/mol. The molecule has 14 heavy (non-hydrogen) atoms. The van der Waals surface area contributed by atoms with E-state index in [0.29, 0.717) is 12.8 Å². The summed E-state index contributed by atoms with van der Waals surface area (Å²) in [7, 11) is 0. The SMILES string of the molecule is O=C(O)C1(NCCCC(F)(F)F)CC1. The zero-order chi connectivity index (χ0) is 10.8. The van der Waals surface area contributed by atoms with Crippen LogP contribution in [-0.2, 0) is 4.79 Å². The van der Waals surface area contributed by atoms with Crippen molar-refractivity contribution in [1.82, 2.24) is 5.32 Å². The van der Waals surface area contributed by atoms with Gasteiger partial charge in [0.2, 0.25) is 0 Å². The molecule has 6 heteroatoms. The highest BCUT2D eigenvalue weighted by atomic mass is 19.4. The molecule has 0 heterocycles. The van der Waals surface area contributed by atoms with Crippen molar-refractivity contribution in [2.75, 3.05) is 6.54 Å². The molecule has 0 aromatic heterocycles. The van der Waals surface area contributed by atoms with Crippen LogP contribution in [-0.4, -0.2) is 29.3 Å². The van der Waals surface area contributed by atoms with E-state index in [4.69, 9.17) is 5.11 Å². The molecule has 0 bridgehead atoms. The fourth-order valence-corrected chi connectivity index (χ4v) is 1.21. The van der Waals surface area contributed by atoms with E-state index < -0.39 is 24.1 Å². The number of halogens is 3. The van der Waals surface area contributed by atoms with E-state index in [0.717, 1.165) is 0 Å². The summed E-state index contributed by atoms with van der Waals surface area (Å²) in [5, 5.41) is 11.3. The Labute approximate surface area is 79.3 Å². The molecule has 1 aliphatic rings. The summed E-state index contributed by atoms with van der Waals surface area (Å²) >= 11 is 0. The third-order valence-corrected chi connectivity index (χ3v) is 2.26. The maximum atomic E-state index is 11.7. The number of rotatable bonds is 5. The van der Waals surface area contributed by atoms with Gasteiger partial charge in [0.05, 0.1) is 0 Å². The Morgan fingerprint density at radius 2 is 2.00 bits per heavy atom. The molecule has 0 aromatic carbocycles. The third kappa shape index (κ3) is 3.17. The van der Waals surface area contributed by atoms with E-state index in [2.05, 4.69) is 5.32 Å². The number of carbonyl (C=O) groups is 1. The van der Waals surface area contributed by atoms with E-state index >= 15 is 0 Å². The molecule has 2 N–H and O–H groups in total. The van der Waals surface area contributed by atoms with Crippen molar-refractivity contribution in [3.8, 4) is 0 Å². The van der Waals surface area contributed by atoms with Crippen LogP contribution in [0.25, 0.3) is 0 Å². The largest absolute Gasteiger partial charge is 0.480 e. The molecule has 0 amide bonds. The number of aliphatic carboxylic acids is 1.